The molecule has 0 saturated heterocycles. The lowest BCUT2D eigenvalue weighted by Gasteiger charge is -2.09. The summed E-state index contributed by atoms with van der Waals surface area (Å²) in [5.41, 5.74) is 1.10. The van der Waals surface area contributed by atoms with Crippen molar-refractivity contribution in [3.8, 4) is 11.5 Å². The molecule has 4 nitrogen and oxygen atoms in total. The minimum absolute atomic E-state index is 0.175. The van der Waals surface area contributed by atoms with Crippen molar-refractivity contribution in [1.82, 2.24) is 9.78 Å². The molecule has 0 saturated carbocycles. The minimum Gasteiger partial charge on any atom is -0.504 e. The van der Waals surface area contributed by atoms with Gasteiger partial charge in [0.2, 0.25) is 0 Å². The Morgan fingerprint density at radius 3 is 2.60 bits per heavy atom. The van der Waals surface area contributed by atoms with Crippen LogP contribution < -0.4 is 4.74 Å². The Morgan fingerprint density at radius 2 is 1.90 bits per heavy atom. The molecule has 0 fully saturated rings. The average molecular weight is 268 g/mol. The number of phenolic OH excluding ortho intramolecular Hbond substituents is 1. The lowest BCUT2D eigenvalue weighted by Crippen LogP contribution is -2.06. The molecule has 0 aliphatic rings. The van der Waals surface area contributed by atoms with Crippen LogP contribution in [0, 0.1) is 0 Å². The van der Waals surface area contributed by atoms with Crippen LogP contribution in [0.2, 0.25) is 0 Å². The Morgan fingerprint density at radius 1 is 1.15 bits per heavy atom. The van der Waals surface area contributed by atoms with Gasteiger partial charge in [-0.05, 0) is 29.0 Å². The highest BCUT2D eigenvalue weighted by atomic mass is 16.5. The van der Waals surface area contributed by atoms with E-state index in [1.807, 2.05) is 48.1 Å². The van der Waals surface area contributed by atoms with Crippen LogP contribution in [0.4, 0.5) is 0 Å². The lowest BCUT2D eigenvalue weighted by atomic mass is 10.1. The second-order valence-corrected chi connectivity index (χ2v) is 4.71. The smallest absolute Gasteiger partial charge is 0.161 e. The van der Waals surface area contributed by atoms with Gasteiger partial charge in [0.1, 0.15) is 0 Å². The molecule has 1 N–H and O–H groups in total. The van der Waals surface area contributed by atoms with Crippen LogP contribution in [0.3, 0.4) is 0 Å². The average Bonchev–Trinajstić information content (AvgIpc) is 2.85. The molecule has 4 heteroatoms. The minimum atomic E-state index is 0.175. The molecule has 1 aromatic heterocycles. The molecule has 0 unspecified atom stereocenters. The molecule has 0 amide bonds. The van der Waals surface area contributed by atoms with E-state index in [1.165, 1.54) is 0 Å². The van der Waals surface area contributed by atoms with E-state index >= 15 is 0 Å². The van der Waals surface area contributed by atoms with E-state index < -0.39 is 0 Å². The van der Waals surface area contributed by atoms with Crippen molar-refractivity contribution in [3.05, 3.63) is 54.4 Å². The molecule has 0 aliphatic carbocycles. The van der Waals surface area contributed by atoms with Crippen LogP contribution >= 0.6 is 0 Å². The number of fused-ring (bicyclic) bond motifs is 1. The molecule has 0 aliphatic heterocycles. The number of aryl methyl sites for hydroxylation is 1. The highest BCUT2D eigenvalue weighted by Crippen LogP contribution is 2.31. The third-order valence-corrected chi connectivity index (χ3v) is 3.37. The fourth-order valence-corrected chi connectivity index (χ4v) is 2.24. The van der Waals surface area contributed by atoms with Crippen LogP contribution in [-0.2, 0) is 13.5 Å². The van der Waals surface area contributed by atoms with Crippen molar-refractivity contribution in [3.63, 3.8) is 0 Å². The molecule has 0 radical (unpaired) electrons. The van der Waals surface area contributed by atoms with E-state index in [4.69, 9.17) is 4.74 Å². The molecule has 0 bridgehead atoms. The molecule has 3 aromatic rings. The summed E-state index contributed by atoms with van der Waals surface area (Å²) >= 11 is 0. The zero-order valence-electron chi connectivity index (χ0n) is 11.3. The van der Waals surface area contributed by atoms with Crippen molar-refractivity contribution >= 4 is 10.8 Å². The molecule has 2 aromatic carbocycles. The Hall–Kier alpha value is -2.49. The Kier molecular flexibility index (Phi) is 3.29. The molecule has 20 heavy (non-hydrogen) atoms. The molecule has 102 valence electrons. The normalized spacial score (nSPS) is 10.8. The van der Waals surface area contributed by atoms with Crippen molar-refractivity contribution in [2.45, 2.75) is 6.42 Å². The molecule has 3 rings (SSSR count). The van der Waals surface area contributed by atoms with Crippen molar-refractivity contribution in [2.75, 3.05) is 6.61 Å². The van der Waals surface area contributed by atoms with E-state index in [1.54, 1.807) is 12.3 Å². The van der Waals surface area contributed by atoms with Gasteiger partial charge in [-0.1, -0.05) is 24.3 Å². The first kappa shape index (κ1) is 12.5. The first-order valence-corrected chi connectivity index (χ1v) is 6.55. The molecule has 1 heterocycles. The van der Waals surface area contributed by atoms with Crippen LogP contribution in [0.5, 0.6) is 11.5 Å². The van der Waals surface area contributed by atoms with Gasteiger partial charge in [0, 0.05) is 25.4 Å². The predicted molar refractivity (Wildman–Crippen MR) is 78.0 cm³/mol. The summed E-state index contributed by atoms with van der Waals surface area (Å²) in [5, 5.41) is 16.2. The SMILES string of the molecule is Cn1nccc1CCOc1cc2ccccc2cc1O. The van der Waals surface area contributed by atoms with Crippen molar-refractivity contribution in [2.24, 2.45) is 7.05 Å². The molecular formula is C16H16N2O2. The number of aromatic nitrogens is 2. The molecule has 0 spiro atoms. The number of hydrogen-bond donors (Lipinski definition) is 1. The monoisotopic (exact) mass is 268 g/mol. The topological polar surface area (TPSA) is 47.3 Å². The van der Waals surface area contributed by atoms with Gasteiger partial charge in [0.05, 0.1) is 6.61 Å². The van der Waals surface area contributed by atoms with Gasteiger partial charge in [-0.15, -0.1) is 0 Å². The summed E-state index contributed by atoms with van der Waals surface area (Å²) in [5.74, 6) is 0.694. The third-order valence-electron chi connectivity index (χ3n) is 3.37. The predicted octanol–water partition coefficient (Wildman–Crippen LogP) is 2.90. The lowest BCUT2D eigenvalue weighted by molar-refractivity contribution is 0.301. The van der Waals surface area contributed by atoms with E-state index in [9.17, 15) is 5.11 Å². The second kappa shape index (κ2) is 5.25. The van der Waals surface area contributed by atoms with Gasteiger partial charge >= 0.3 is 0 Å². The molecular weight excluding hydrogens is 252 g/mol. The van der Waals surface area contributed by atoms with Gasteiger partial charge in [-0.3, -0.25) is 4.68 Å². The van der Waals surface area contributed by atoms with E-state index in [0.717, 1.165) is 22.9 Å². The molecule has 0 atom stereocenters. The second-order valence-electron chi connectivity index (χ2n) is 4.71. The van der Waals surface area contributed by atoms with Crippen molar-refractivity contribution < 1.29 is 9.84 Å². The highest BCUT2D eigenvalue weighted by Gasteiger charge is 2.06. The van der Waals surface area contributed by atoms with Crippen LogP contribution in [-0.4, -0.2) is 21.5 Å². The van der Waals surface area contributed by atoms with E-state index in [2.05, 4.69) is 5.10 Å². The number of hydrogen-bond acceptors (Lipinski definition) is 3. The number of benzene rings is 2. The summed E-state index contributed by atoms with van der Waals surface area (Å²) in [6.07, 6.45) is 2.52. The van der Waals surface area contributed by atoms with Gasteiger partial charge < -0.3 is 9.84 Å². The summed E-state index contributed by atoms with van der Waals surface area (Å²) in [7, 11) is 1.91. The maximum absolute atomic E-state index is 9.98. The van der Waals surface area contributed by atoms with Gasteiger partial charge in [0.25, 0.3) is 0 Å². The number of aromatic hydroxyl groups is 1. The van der Waals surface area contributed by atoms with Crippen LogP contribution in [0.1, 0.15) is 5.69 Å². The highest BCUT2D eigenvalue weighted by molar-refractivity contribution is 5.85. The van der Waals surface area contributed by atoms with Gasteiger partial charge in [0.15, 0.2) is 11.5 Å². The number of phenols is 1. The largest absolute Gasteiger partial charge is 0.504 e. The number of nitrogens with zero attached hydrogens (tertiary/aromatic N) is 2. The fraction of sp³-hybridized carbons (Fsp3) is 0.188. The third kappa shape index (κ3) is 2.45. The van der Waals surface area contributed by atoms with E-state index in [-0.39, 0.29) is 5.75 Å². The zero-order chi connectivity index (χ0) is 13.9. The summed E-state index contributed by atoms with van der Waals surface area (Å²) in [6, 6.07) is 13.5. The number of ether oxygens (including phenoxy) is 1. The Balaban J connectivity index is 1.74. The van der Waals surface area contributed by atoms with Crippen molar-refractivity contribution in [1.29, 1.82) is 0 Å². The Bertz CT molecular complexity index is 734. The summed E-state index contributed by atoms with van der Waals surface area (Å²) in [6.45, 7) is 0.505. The standard InChI is InChI=1S/C16H16N2O2/c1-18-14(6-8-17-18)7-9-20-16-11-13-5-3-2-4-12(13)10-15(16)19/h2-6,8,10-11,19H,7,9H2,1H3. The maximum Gasteiger partial charge on any atom is 0.161 e. The summed E-state index contributed by atoms with van der Waals surface area (Å²) in [4.78, 5) is 0. The fourth-order valence-electron chi connectivity index (χ4n) is 2.24. The Labute approximate surface area is 117 Å². The number of rotatable bonds is 4. The first-order valence-electron chi connectivity index (χ1n) is 6.55. The first-order chi connectivity index (χ1) is 9.74. The van der Waals surface area contributed by atoms with Crippen LogP contribution in [0.25, 0.3) is 10.8 Å². The quantitative estimate of drug-likeness (QED) is 0.791. The van der Waals surface area contributed by atoms with Gasteiger partial charge in [-0.2, -0.15) is 5.10 Å². The van der Waals surface area contributed by atoms with Crippen LogP contribution in [0.15, 0.2) is 48.7 Å². The van der Waals surface area contributed by atoms with E-state index in [0.29, 0.717) is 12.4 Å². The maximum atomic E-state index is 9.98. The van der Waals surface area contributed by atoms with Gasteiger partial charge in [-0.25, -0.2) is 0 Å². The zero-order valence-corrected chi connectivity index (χ0v) is 11.3. The summed E-state index contributed by atoms with van der Waals surface area (Å²) < 4.78 is 7.51.